The molecule has 1 fully saturated rings. The number of carbonyl (C=O) groups is 3. The SMILES string of the molecule is O=C(Nc1ccc(NCC(=O)N2CCNC2=O)c(C(F)(F)F)c1)c1ccco1. The predicted octanol–water partition coefficient (Wildman–Crippen LogP) is 2.51. The molecule has 2 heterocycles. The second-order valence-corrected chi connectivity index (χ2v) is 5.82. The summed E-state index contributed by atoms with van der Waals surface area (Å²) in [6.45, 7) is -0.0414. The molecule has 8 nitrogen and oxygen atoms in total. The van der Waals surface area contributed by atoms with Gasteiger partial charge in [0.25, 0.3) is 5.91 Å². The molecule has 0 atom stereocenters. The van der Waals surface area contributed by atoms with Gasteiger partial charge < -0.3 is 20.4 Å². The average molecular weight is 396 g/mol. The molecule has 1 aliphatic heterocycles. The van der Waals surface area contributed by atoms with Crippen LogP contribution in [0.3, 0.4) is 0 Å². The minimum absolute atomic E-state index is 0.0507. The van der Waals surface area contributed by atoms with Crippen molar-refractivity contribution >= 4 is 29.2 Å². The number of hydrogen-bond acceptors (Lipinski definition) is 5. The van der Waals surface area contributed by atoms with E-state index in [9.17, 15) is 27.6 Å². The van der Waals surface area contributed by atoms with Crippen LogP contribution >= 0.6 is 0 Å². The van der Waals surface area contributed by atoms with Gasteiger partial charge in [-0.1, -0.05) is 0 Å². The molecule has 2 aromatic rings. The van der Waals surface area contributed by atoms with Crippen LogP contribution in [-0.2, 0) is 11.0 Å². The minimum atomic E-state index is -4.73. The molecule has 148 valence electrons. The van der Waals surface area contributed by atoms with Gasteiger partial charge in [-0.25, -0.2) is 4.79 Å². The van der Waals surface area contributed by atoms with E-state index in [0.717, 1.165) is 17.0 Å². The van der Waals surface area contributed by atoms with Crippen LogP contribution < -0.4 is 16.0 Å². The van der Waals surface area contributed by atoms with Crippen molar-refractivity contribution in [2.45, 2.75) is 6.18 Å². The van der Waals surface area contributed by atoms with Gasteiger partial charge in [-0.3, -0.25) is 14.5 Å². The Balaban J connectivity index is 1.74. The highest BCUT2D eigenvalue weighted by atomic mass is 19.4. The fourth-order valence-corrected chi connectivity index (χ4v) is 2.59. The number of furan rings is 1. The van der Waals surface area contributed by atoms with Crippen molar-refractivity contribution in [3.8, 4) is 0 Å². The number of alkyl halides is 3. The highest BCUT2D eigenvalue weighted by Gasteiger charge is 2.34. The Bertz CT molecular complexity index is 896. The van der Waals surface area contributed by atoms with E-state index in [-0.39, 0.29) is 23.7 Å². The molecule has 0 saturated carbocycles. The molecule has 11 heteroatoms. The zero-order valence-electron chi connectivity index (χ0n) is 14.3. The molecule has 0 spiro atoms. The fraction of sp³-hybridized carbons (Fsp3) is 0.235. The molecule has 1 saturated heterocycles. The topological polar surface area (TPSA) is 104 Å². The average Bonchev–Trinajstić information content (AvgIpc) is 3.31. The van der Waals surface area contributed by atoms with Gasteiger partial charge in [0.05, 0.1) is 18.4 Å². The van der Waals surface area contributed by atoms with Gasteiger partial charge in [0, 0.05) is 24.5 Å². The smallest absolute Gasteiger partial charge is 0.418 e. The highest BCUT2D eigenvalue weighted by Crippen LogP contribution is 2.36. The van der Waals surface area contributed by atoms with Crippen LogP contribution in [-0.4, -0.2) is 42.4 Å². The van der Waals surface area contributed by atoms with Gasteiger partial charge in [-0.05, 0) is 30.3 Å². The Morgan fingerprint density at radius 1 is 1.25 bits per heavy atom. The van der Waals surface area contributed by atoms with Crippen molar-refractivity contribution < 1.29 is 32.0 Å². The van der Waals surface area contributed by atoms with Crippen LogP contribution in [0, 0.1) is 0 Å². The lowest BCUT2D eigenvalue weighted by Crippen LogP contribution is -2.38. The Kier molecular flexibility index (Phi) is 5.25. The van der Waals surface area contributed by atoms with Crippen LogP contribution in [0.25, 0.3) is 0 Å². The van der Waals surface area contributed by atoms with E-state index in [1.165, 1.54) is 24.5 Å². The standard InChI is InChI=1S/C17H15F3N4O4/c18-17(19,20)11-8-10(23-15(26)13-2-1-7-28-13)3-4-12(11)22-9-14(25)24-6-5-21-16(24)27/h1-4,7-8,22H,5-6,9H2,(H,21,27)(H,23,26). The van der Waals surface area contributed by atoms with Crippen LogP contribution in [0.1, 0.15) is 16.1 Å². The molecule has 28 heavy (non-hydrogen) atoms. The van der Waals surface area contributed by atoms with Gasteiger partial charge in [0.15, 0.2) is 5.76 Å². The first-order valence-corrected chi connectivity index (χ1v) is 8.14. The normalized spacial score (nSPS) is 14.0. The molecule has 1 aromatic carbocycles. The van der Waals surface area contributed by atoms with Gasteiger partial charge >= 0.3 is 12.2 Å². The van der Waals surface area contributed by atoms with E-state index >= 15 is 0 Å². The molecule has 1 aliphatic rings. The summed E-state index contributed by atoms with van der Waals surface area (Å²) in [4.78, 5) is 36.3. The number of benzene rings is 1. The Morgan fingerprint density at radius 3 is 2.64 bits per heavy atom. The van der Waals surface area contributed by atoms with E-state index in [1.54, 1.807) is 0 Å². The van der Waals surface area contributed by atoms with E-state index in [1.807, 2.05) is 0 Å². The number of nitrogens with zero attached hydrogens (tertiary/aromatic N) is 1. The van der Waals surface area contributed by atoms with Crippen LogP contribution in [0.5, 0.6) is 0 Å². The zero-order valence-corrected chi connectivity index (χ0v) is 14.3. The summed E-state index contributed by atoms with van der Waals surface area (Å²) in [6.07, 6.45) is -3.47. The van der Waals surface area contributed by atoms with Crippen molar-refractivity contribution in [1.82, 2.24) is 10.2 Å². The summed E-state index contributed by atoms with van der Waals surface area (Å²) in [5.41, 5.74) is -1.51. The lowest BCUT2D eigenvalue weighted by Gasteiger charge is -2.17. The Morgan fingerprint density at radius 2 is 2.04 bits per heavy atom. The molecule has 3 rings (SSSR count). The second kappa shape index (κ2) is 7.62. The zero-order chi connectivity index (χ0) is 20.3. The number of rotatable bonds is 5. The Hall–Kier alpha value is -3.50. The first-order valence-electron chi connectivity index (χ1n) is 8.14. The number of nitrogens with one attached hydrogen (secondary N) is 3. The summed E-state index contributed by atoms with van der Waals surface area (Å²) in [5, 5.41) is 7.15. The third-order valence-corrected chi connectivity index (χ3v) is 3.92. The van der Waals surface area contributed by atoms with Gasteiger partial charge in [-0.2, -0.15) is 13.2 Å². The molecule has 0 radical (unpaired) electrons. The maximum absolute atomic E-state index is 13.4. The lowest BCUT2D eigenvalue weighted by atomic mass is 10.1. The number of hydrogen-bond donors (Lipinski definition) is 3. The highest BCUT2D eigenvalue weighted by molar-refractivity contribution is 6.02. The van der Waals surface area contributed by atoms with E-state index in [2.05, 4.69) is 16.0 Å². The third-order valence-electron chi connectivity index (χ3n) is 3.92. The van der Waals surface area contributed by atoms with E-state index in [0.29, 0.717) is 6.54 Å². The molecule has 3 N–H and O–H groups in total. The molecule has 1 aromatic heterocycles. The van der Waals surface area contributed by atoms with Crippen molar-refractivity contribution in [1.29, 1.82) is 0 Å². The van der Waals surface area contributed by atoms with Gasteiger partial charge in [0.2, 0.25) is 5.91 Å². The lowest BCUT2D eigenvalue weighted by molar-refractivity contribution is -0.137. The molecule has 0 unspecified atom stereocenters. The first kappa shape index (κ1) is 19.3. The number of imide groups is 1. The molecule has 0 aliphatic carbocycles. The van der Waals surface area contributed by atoms with Crippen molar-refractivity contribution in [3.63, 3.8) is 0 Å². The number of urea groups is 1. The van der Waals surface area contributed by atoms with E-state index < -0.39 is 36.1 Å². The molecule has 0 bridgehead atoms. The van der Waals surface area contributed by atoms with Crippen LogP contribution in [0.15, 0.2) is 41.0 Å². The summed E-state index contributed by atoms with van der Waals surface area (Å²) in [6, 6.07) is 5.36. The second-order valence-electron chi connectivity index (χ2n) is 5.82. The quantitative estimate of drug-likeness (QED) is 0.721. The van der Waals surface area contributed by atoms with Crippen LogP contribution in [0.2, 0.25) is 0 Å². The Labute approximate surface area is 156 Å². The first-order chi connectivity index (χ1) is 13.3. The summed E-state index contributed by atoms with van der Waals surface area (Å²) < 4.78 is 45.1. The van der Waals surface area contributed by atoms with Crippen molar-refractivity contribution in [2.75, 3.05) is 30.3 Å². The van der Waals surface area contributed by atoms with Crippen LogP contribution in [0.4, 0.5) is 29.3 Å². The van der Waals surface area contributed by atoms with Gasteiger partial charge in [-0.15, -0.1) is 0 Å². The van der Waals surface area contributed by atoms with Crippen molar-refractivity contribution in [3.05, 3.63) is 47.9 Å². The molecule has 4 amide bonds. The summed E-state index contributed by atoms with van der Waals surface area (Å²) in [7, 11) is 0. The monoisotopic (exact) mass is 396 g/mol. The predicted molar refractivity (Wildman–Crippen MR) is 91.7 cm³/mol. The minimum Gasteiger partial charge on any atom is -0.459 e. The molecular weight excluding hydrogens is 381 g/mol. The number of anilines is 2. The number of amides is 4. The number of carbonyl (C=O) groups excluding carboxylic acids is 3. The van der Waals surface area contributed by atoms with Crippen molar-refractivity contribution in [2.24, 2.45) is 0 Å². The summed E-state index contributed by atoms with van der Waals surface area (Å²) in [5.74, 6) is -1.40. The molecular formula is C17H15F3N4O4. The summed E-state index contributed by atoms with van der Waals surface area (Å²) >= 11 is 0. The fourth-order valence-electron chi connectivity index (χ4n) is 2.59. The number of halogens is 3. The maximum Gasteiger partial charge on any atom is 0.418 e. The maximum atomic E-state index is 13.4. The van der Waals surface area contributed by atoms with Gasteiger partial charge in [0.1, 0.15) is 0 Å². The third kappa shape index (κ3) is 4.24. The van der Waals surface area contributed by atoms with E-state index in [4.69, 9.17) is 4.42 Å². The largest absolute Gasteiger partial charge is 0.459 e.